The van der Waals surface area contributed by atoms with Crippen LogP contribution in [-0.4, -0.2) is 10.9 Å². The third-order valence-corrected chi connectivity index (χ3v) is 2.25. The standard InChI is InChI=1S/C13H10ClN/c14-8-2-1-4-11-6-7-12-5-3-9-15-13(12)10-11/h3,5-7,9-10H,2,8H2. The zero-order valence-corrected chi connectivity index (χ0v) is 8.96. The van der Waals surface area contributed by atoms with Gasteiger partial charge in [-0.25, -0.2) is 0 Å². The zero-order valence-electron chi connectivity index (χ0n) is 8.20. The lowest BCUT2D eigenvalue weighted by Gasteiger charge is -1.96. The first-order chi connectivity index (χ1) is 7.40. The van der Waals surface area contributed by atoms with Crippen molar-refractivity contribution in [2.24, 2.45) is 0 Å². The van der Waals surface area contributed by atoms with E-state index in [1.54, 1.807) is 6.20 Å². The Kier molecular flexibility index (Phi) is 3.22. The predicted molar refractivity (Wildman–Crippen MR) is 64.0 cm³/mol. The molecule has 0 aliphatic carbocycles. The van der Waals surface area contributed by atoms with E-state index in [9.17, 15) is 0 Å². The van der Waals surface area contributed by atoms with Crippen LogP contribution in [0.25, 0.3) is 10.9 Å². The van der Waals surface area contributed by atoms with Crippen LogP contribution in [0.2, 0.25) is 0 Å². The second-order valence-corrected chi connectivity index (χ2v) is 3.53. The molecule has 0 bridgehead atoms. The van der Waals surface area contributed by atoms with Crippen molar-refractivity contribution in [1.29, 1.82) is 0 Å². The Morgan fingerprint density at radius 1 is 1.27 bits per heavy atom. The summed E-state index contributed by atoms with van der Waals surface area (Å²) in [5, 5.41) is 1.14. The second-order valence-electron chi connectivity index (χ2n) is 3.15. The molecule has 0 N–H and O–H groups in total. The van der Waals surface area contributed by atoms with Crippen molar-refractivity contribution in [2.75, 3.05) is 5.88 Å². The fourth-order valence-corrected chi connectivity index (χ4v) is 1.45. The summed E-state index contributed by atoms with van der Waals surface area (Å²) in [4.78, 5) is 4.28. The Hall–Kier alpha value is -1.52. The SMILES string of the molecule is ClCCC#Cc1ccc2cccnc2c1. The van der Waals surface area contributed by atoms with E-state index >= 15 is 0 Å². The summed E-state index contributed by atoms with van der Waals surface area (Å²) in [7, 11) is 0. The summed E-state index contributed by atoms with van der Waals surface area (Å²) in [6.45, 7) is 0. The van der Waals surface area contributed by atoms with Crippen molar-refractivity contribution < 1.29 is 0 Å². The van der Waals surface area contributed by atoms with E-state index in [0.29, 0.717) is 5.88 Å². The molecule has 1 aromatic carbocycles. The molecular formula is C13H10ClN. The van der Waals surface area contributed by atoms with Gasteiger partial charge in [0.15, 0.2) is 0 Å². The minimum atomic E-state index is 0.582. The molecule has 1 heterocycles. The molecule has 0 amide bonds. The molecule has 74 valence electrons. The molecule has 0 atom stereocenters. The van der Waals surface area contributed by atoms with Gasteiger partial charge in [0.2, 0.25) is 0 Å². The summed E-state index contributed by atoms with van der Waals surface area (Å²) in [6, 6.07) is 10.0. The number of nitrogens with zero attached hydrogens (tertiary/aromatic N) is 1. The molecule has 0 saturated carbocycles. The van der Waals surface area contributed by atoms with E-state index in [-0.39, 0.29) is 0 Å². The molecule has 1 nitrogen and oxygen atoms in total. The fraction of sp³-hybridized carbons (Fsp3) is 0.154. The topological polar surface area (TPSA) is 12.9 Å². The van der Waals surface area contributed by atoms with Gasteiger partial charge in [-0.05, 0) is 18.2 Å². The summed E-state index contributed by atoms with van der Waals surface area (Å²) in [6.07, 6.45) is 2.51. The molecule has 0 unspecified atom stereocenters. The monoisotopic (exact) mass is 215 g/mol. The van der Waals surface area contributed by atoms with Gasteiger partial charge in [-0.1, -0.05) is 24.0 Å². The van der Waals surface area contributed by atoms with Crippen LogP contribution in [0.15, 0.2) is 36.5 Å². The smallest absolute Gasteiger partial charge is 0.0714 e. The molecule has 0 saturated heterocycles. The van der Waals surface area contributed by atoms with E-state index in [1.165, 1.54) is 0 Å². The highest BCUT2D eigenvalue weighted by atomic mass is 35.5. The van der Waals surface area contributed by atoms with E-state index in [1.807, 2.05) is 30.3 Å². The average Bonchev–Trinajstić information content (AvgIpc) is 2.29. The third kappa shape index (κ3) is 2.49. The number of fused-ring (bicyclic) bond motifs is 1. The summed E-state index contributed by atoms with van der Waals surface area (Å²) in [5.74, 6) is 6.65. The maximum absolute atomic E-state index is 5.55. The van der Waals surface area contributed by atoms with Gasteiger partial charge in [0, 0.05) is 29.4 Å². The number of hydrogen-bond donors (Lipinski definition) is 0. The summed E-state index contributed by atoms with van der Waals surface area (Å²) in [5.41, 5.74) is 1.97. The summed E-state index contributed by atoms with van der Waals surface area (Å²) < 4.78 is 0. The van der Waals surface area contributed by atoms with E-state index in [4.69, 9.17) is 11.6 Å². The number of rotatable bonds is 1. The van der Waals surface area contributed by atoms with Gasteiger partial charge in [-0.2, -0.15) is 0 Å². The lowest BCUT2D eigenvalue weighted by Crippen LogP contribution is -1.80. The van der Waals surface area contributed by atoms with Crippen molar-refractivity contribution in [3.8, 4) is 11.8 Å². The Morgan fingerprint density at radius 3 is 3.07 bits per heavy atom. The Morgan fingerprint density at radius 2 is 2.20 bits per heavy atom. The number of aromatic nitrogens is 1. The maximum Gasteiger partial charge on any atom is 0.0714 e. The van der Waals surface area contributed by atoms with Gasteiger partial charge >= 0.3 is 0 Å². The van der Waals surface area contributed by atoms with Crippen LogP contribution in [-0.2, 0) is 0 Å². The first-order valence-electron chi connectivity index (χ1n) is 4.80. The second kappa shape index (κ2) is 4.82. The minimum Gasteiger partial charge on any atom is -0.256 e. The lowest BCUT2D eigenvalue weighted by molar-refractivity contribution is 1.29. The molecule has 15 heavy (non-hydrogen) atoms. The van der Waals surface area contributed by atoms with Crippen molar-refractivity contribution >= 4 is 22.5 Å². The highest BCUT2D eigenvalue weighted by Crippen LogP contribution is 2.12. The normalized spacial score (nSPS) is 9.67. The molecule has 0 aliphatic rings. The van der Waals surface area contributed by atoms with Gasteiger partial charge in [0.05, 0.1) is 5.52 Å². The quantitative estimate of drug-likeness (QED) is 0.526. The van der Waals surface area contributed by atoms with Crippen molar-refractivity contribution in [3.63, 3.8) is 0 Å². The van der Waals surface area contributed by atoms with E-state index in [2.05, 4.69) is 16.8 Å². The van der Waals surface area contributed by atoms with Crippen LogP contribution in [0.5, 0.6) is 0 Å². The minimum absolute atomic E-state index is 0.582. The highest BCUT2D eigenvalue weighted by molar-refractivity contribution is 6.18. The van der Waals surface area contributed by atoms with Gasteiger partial charge in [0.1, 0.15) is 0 Å². The van der Waals surface area contributed by atoms with Crippen molar-refractivity contribution in [3.05, 3.63) is 42.1 Å². The summed E-state index contributed by atoms with van der Waals surface area (Å²) >= 11 is 5.55. The number of pyridine rings is 1. The zero-order chi connectivity index (χ0) is 10.5. The molecule has 0 fully saturated rings. The molecule has 2 heteroatoms. The van der Waals surface area contributed by atoms with E-state index in [0.717, 1.165) is 22.9 Å². The first-order valence-corrected chi connectivity index (χ1v) is 5.33. The maximum atomic E-state index is 5.55. The van der Waals surface area contributed by atoms with Crippen LogP contribution < -0.4 is 0 Å². The third-order valence-electron chi connectivity index (χ3n) is 2.06. The van der Waals surface area contributed by atoms with Crippen LogP contribution in [0, 0.1) is 11.8 Å². The van der Waals surface area contributed by atoms with E-state index < -0.39 is 0 Å². The van der Waals surface area contributed by atoms with Gasteiger partial charge in [-0.3, -0.25) is 4.98 Å². The fourth-order valence-electron chi connectivity index (χ4n) is 1.36. The number of hydrogen-bond acceptors (Lipinski definition) is 1. The highest BCUT2D eigenvalue weighted by Gasteiger charge is 1.93. The number of halogens is 1. The molecule has 0 aliphatic heterocycles. The number of alkyl halides is 1. The Bertz CT molecular complexity index is 523. The molecule has 2 rings (SSSR count). The first kappa shape index (κ1) is 10.0. The van der Waals surface area contributed by atoms with Gasteiger partial charge < -0.3 is 0 Å². The largest absolute Gasteiger partial charge is 0.256 e. The van der Waals surface area contributed by atoms with Crippen LogP contribution in [0.1, 0.15) is 12.0 Å². The van der Waals surface area contributed by atoms with Crippen LogP contribution >= 0.6 is 11.6 Å². The molecular weight excluding hydrogens is 206 g/mol. The molecule has 0 spiro atoms. The van der Waals surface area contributed by atoms with Crippen LogP contribution in [0.4, 0.5) is 0 Å². The van der Waals surface area contributed by atoms with Crippen LogP contribution in [0.3, 0.4) is 0 Å². The average molecular weight is 216 g/mol. The molecule has 0 radical (unpaired) electrons. The Labute approximate surface area is 94.1 Å². The van der Waals surface area contributed by atoms with Gasteiger partial charge in [0.25, 0.3) is 0 Å². The Balaban J connectivity index is 2.36. The molecule has 1 aromatic heterocycles. The van der Waals surface area contributed by atoms with Crippen molar-refractivity contribution in [2.45, 2.75) is 6.42 Å². The number of benzene rings is 1. The lowest BCUT2D eigenvalue weighted by atomic mass is 10.1. The van der Waals surface area contributed by atoms with Crippen molar-refractivity contribution in [1.82, 2.24) is 4.98 Å². The predicted octanol–water partition coefficient (Wildman–Crippen LogP) is 3.22. The molecule has 2 aromatic rings. The van der Waals surface area contributed by atoms with Gasteiger partial charge in [-0.15, -0.1) is 11.6 Å².